The Labute approximate surface area is 103 Å². The van der Waals surface area contributed by atoms with E-state index in [9.17, 15) is 4.79 Å². The molecule has 1 aliphatic carbocycles. The first-order valence-electron chi connectivity index (χ1n) is 6.29. The quantitative estimate of drug-likeness (QED) is 0.728. The van der Waals surface area contributed by atoms with Gasteiger partial charge in [-0.3, -0.25) is 4.79 Å². The van der Waals surface area contributed by atoms with Gasteiger partial charge in [0.1, 0.15) is 0 Å². The van der Waals surface area contributed by atoms with Gasteiger partial charge in [0.05, 0.1) is 6.42 Å². The van der Waals surface area contributed by atoms with E-state index in [1.165, 1.54) is 18.4 Å². The van der Waals surface area contributed by atoms with Crippen molar-refractivity contribution >= 4 is 5.91 Å². The lowest BCUT2D eigenvalue weighted by atomic mass is 10.1. The minimum Gasteiger partial charge on any atom is -0.355 e. The minimum absolute atomic E-state index is 0.103. The first-order chi connectivity index (χ1) is 8.24. The summed E-state index contributed by atoms with van der Waals surface area (Å²) in [4.78, 5) is 11.6. The summed E-state index contributed by atoms with van der Waals surface area (Å²) in [6.07, 6.45) is 3.05. The molecule has 3 nitrogen and oxygen atoms in total. The fourth-order valence-corrected chi connectivity index (χ4v) is 1.72. The van der Waals surface area contributed by atoms with Crippen molar-refractivity contribution in [3.63, 3.8) is 0 Å². The van der Waals surface area contributed by atoms with Crippen LogP contribution in [0.4, 0.5) is 0 Å². The lowest BCUT2D eigenvalue weighted by Crippen LogP contribution is -2.33. The van der Waals surface area contributed by atoms with Crippen molar-refractivity contribution in [3.05, 3.63) is 35.4 Å². The third-order valence-electron chi connectivity index (χ3n) is 2.94. The normalized spacial score (nSPS) is 14.6. The molecule has 0 heterocycles. The Hall–Kier alpha value is -1.35. The average molecular weight is 232 g/mol. The van der Waals surface area contributed by atoms with Crippen LogP contribution in [0.25, 0.3) is 0 Å². The van der Waals surface area contributed by atoms with Crippen molar-refractivity contribution in [2.45, 2.75) is 32.2 Å². The van der Waals surface area contributed by atoms with Crippen LogP contribution in [0.15, 0.2) is 24.3 Å². The minimum atomic E-state index is 0.103. The summed E-state index contributed by atoms with van der Waals surface area (Å²) in [6, 6.07) is 8.81. The highest BCUT2D eigenvalue weighted by molar-refractivity contribution is 5.78. The van der Waals surface area contributed by atoms with Crippen LogP contribution in [-0.4, -0.2) is 25.0 Å². The lowest BCUT2D eigenvalue weighted by molar-refractivity contribution is -0.120. The molecule has 0 radical (unpaired) electrons. The molecular weight excluding hydrogens is 212 g/mol. The molecule has 0 unspecified atom stereocenters. The molecule has 17 heavy (non-hydrogen) atoms. The number of amides is 1. The smallest absolute Gasteiger partial charge is 0.224 e. The van der Waals surface area contributed by atoms with Crippen LogP contribution in [0.5, 0.6) is 0 Å². The second-order valence-electron chi connectivity index (χ2n) is 4.74. The summed E-state index contributed by atoms with van der Waals surface area (Å²) in [6.45, 7) is 3.65. The molecule has 92 valence electrons. The number of nitrogens with one attached hydrogen (secondary N) is 2. The fraction of sp³-hybridized carbons (Fsp3) is 0.500. The fourth-order valence-electron chi connectivity index (χ4n) is 1.72. The monoisotopic (exact) mass is 232 g/mol. The van der Waals surface area contributed by atoms with Crippen molar-refractivity contribution in [1.82, 2.24) is 10.6 Å². The zero-order chi connectivity index (χ0) is 12.1. The maximum absolute atomic E-state index is 11.6. The van der Waals surface area contributed by atoms with E-state index in [0.717, 1.165) is 18.7 Å². The molecule has 0 aliphatic heterocycles. The van der Waals surface area contributed by atoms with Crippen molar-refractivity contribution < 1.29 is 4.79 Å². The Bertz CT molecular complexity index is 368. The number of aryl methyl sites for hydroxylation is 1. The van der Waals surface area contributed by atoms with Crippen molar-refractivity contribution in [2.75, 3.05) is 13.1 Å². The van der Waals surface area contributed by atoms with Crippen molar-refractivity contribution in [2.24, 2.45) is 0 Å². The van der Waals surface area contributed by atoms with Crippen LogP contribution in [-0.2, 0) is 11.2 Å². The number of hydrogen-bond donors (Lipinski definition) is 2. The predicted octanol–water partition coefficient (Wildman–Crippen LogP) is 1.41. The highest BCUT2D eigenvalue weighted by atomic mass is 16.1. The molecule has 2 N–H and O–H groups in total. The van der Waals surface area contributed by atoms with E-state index in [-0.39, 0.29) is 5.91 Å². The number of carbonyl (C=O) groups is 1. The van der Waals surface area contributed by atoms with Gasteiger partial charge in [0, 0.05) is 19.1 Å². The van der Waals surface area contributed by atoms with Crippen molar-refractivity contribution in [1.29, 1.82) is 0 Å². The number of rotatable bonds is 6. The second-order valence-corrected chi connectivity index (χ2v) is 4.74. The third-order valence-corrected chi connectivity index (χ3v) is 2.94. The zero-order valence-corrected chi connectivity index (χ0v) is 10.3. The molecule has 1 amide bonds. The number of hydrogen-bond acceptors (Lipinski definition) is 2. The Morgan fingerprint density at radius 1 is 1.24 bits per heavy atom. The molecular formula is C14H20N2O. The molecule has 0 spiro atoms. The molecule has 1 aromatic carbocycles. The van der Waals surface area contributed by atoms with Gasteiger partial charge >= 0.3 is 0 Å². The average Bonchev–Trinajstić information content (AvgIpc) is 3.12. The van der Waals surface area contributed by atoms with Gasteiger partial charge in [-0.05, 0) is 25.3 Å². The summed E-state index contributed by atoms with van der Waals surface area (Å²) >= 11 is 0. The van der Waals surface area contributed by atoms with Crippen LogP contribution in [0.2, 0.25) is 0 Å². The molecule has 1 aliphatic rings. The molecule has 3 heteroatoms. The van der Waals surface area contributed by atoms with E-state index in [1.807, 2.05) is 31.2 Å². The van der Waals surface area contributed by atoms with E-state index >= 15 is 0 Å². The Morgan fingerprint density at radius 3 is 2.59 bits per heavy atom. The molecule has 2 rings (SSSR count). The van der Waals surface area contributed by atoms with Gasteiger partial charge in [-0.2, -0.15) is 0 Å². The van der Waals surface area contributed by atoms with Gasteiger partial charge in [-0.15, -0.1) is 0 Å². The molecule has 0 aromatic heterocycles. The standard InChI is InChI=1S/C14H20N2O/c1-11-2-4-12(5-3-11)10-14(17)16-9-8-15-13-6-7-13/h2-5,13,15H,6-10H2,1H3,(H,16,17). The van der Waals surface area contributed by atoms with Crippen LogP contribution < -0.4 is 10.6 Å². The second kappa shape index (κ2) is 5.82. The van der Waals surface area contributed by atoms with E-state index in [0.29, 0.717) is 12.5 Å². The first-order valence-corrected chi connectivity index (χ1v) is 6.29. The number of carbonyl (C=O) groups excluding carboxylic acids is 1. The van der Waals surface area contributed by atoms with Crippen LogP contribution in [0, 0.1) is 6.92 Å². The van der Waals surface area contributed by atoms with Crippen LogP contribution >= 0.6 is 0 Å². The lowest BCUT2D eigenvalue weighted by Gasteiger charge is -2.06. The number of benzene rings is 1. The van der Waals surface area contributed by atoms with E-state index < -0.39 is 0 Å². The molecule has 1 fully saturated rings. The molecule has 1 saturated carbocycles. The highest BCUT2D eigenvalue weighted by Crippen LogP contribution is 2.17. The predicted molar refractivity (Wildman–Crippen MR) is 68.9 cm³/mol. The van der Waals surface area contributed by atoms with Gasteiger partial charge in [0.2, 0.25) is 5.91 Å². The maximum Gasteiger partial charge on any atom is 0.224 e. The third kappa shape index (κ3) is 4.57. The van der Waals surface area contributed by atoms with Gasteiger partial charge in [-0.25, -0.2) is 0 Å². The molecule has 0 saturated heterocycles. The molecule has 0 bridgehead atoms. The topological polar surface area (TPSA) is 41.1 Å². The first kappa shape index (κ1) is 12.1. The van der Waals surface area contributed by atoms with Crippen LogP contribution in [0.3, 0.4) is 0 Å². The zero-order valence-electron chi connectivity index (χ0n) is 10.3. The van der Waals surface area contributed by atoms with E-state index in [4.69, 9.17) is 0 Å². The summed E-state index contributed by atoms with van der Waals surface area (Å²) in [5, 5.41) is 6.30. The Kier molecular flexibility index (Phi) is 4.15. The molecule has 1 aromatic rings. The maximum atomic E-state index is 11.6. The van der Waals surface area contributed by atoms with E-state index in [2.05, 4.69) is 10.6 Å². The van der Waals surface area contributed by atoms with Crippen LogP contribution in [0.1, 0.15) is 24.0 Å². The molecule has 0 atom stereocenters. The van der Waals surface area contributed by atoms with Gasteiger partial charge in [0.25, 0.3) is 0 Å². The Morgan fingerprint density at radius 2 is 1.94 bits per heavy atom. The van der Waals surface area contributed by atoms with Crippen molar-refractivity contribution in [3.8, 4) is 0 Å². The Balaban J connectivity index is 1.63. The summed E-state index contributed by atoms with van der Waals surface area (Å²) in [7, 11) is 0. The highest BCUT2D eigenvalue weighted by Gasteiger charge is 2.19. The SMILES string of the molecule is Cc1ccc(CC(=O)NCCNC2CC2)cc1. The summed E-state index contributed by atoms with van der Waals surface area (Å²) in [5.74, 6) is 0.103. The van der Waals surface area contributed by atoms with E-state index in [1.54, 1.807) is 0 Å². The van der Waals surface area contributed by atoms with Gasteiger partial charge in [0.15, 0.2) is 0 Å². The largest absolute Gasteiger partial charge is 0.355 e. The van der Waals surface area contributed by atoms with Gasteiger partial charge in [-0.1, -0.05) is 29.8 Å². The summed E-state index contributed by atoms with van der Waals surface area (Å²) < 4.78 is 0. The summed E-state index contributed by atoms with van der Waals surface area (Å²) in [5.41, 5.74) is 2.30. The van der Waals surface area contributed by atoms with Gasteiger partial charge < -0.3 is 10.6 Å².